The molecule has 1 N–H and O–H groups in total. The van der Waals surface area contributed by atoms with Gasteiger partial charge < -0.3 is 5.32 Å². The Morgan fingerprint density at radius 2 is 2.05 bits per heavy atom. The van der Waals surface area contributed by atoms with Crippen molar-refractivity contribution in [2.24, 2.45) is 13.0 Å². The third-order valence-corrected chi connectivity index (χ3v) is 3.00. The van der Waals surface area contributed by atoms with E-state index in [2.05, 4.69) is 41.8 Å². The summed E-state index contributed by atoms with van der Waals surface area (Å²) >= 11 is 0. The maximum Gasteiger partial charge on any atom is 0.0638 e. The van der Waals surface area contributed by atoms with Crippen molar-refractivity contribution in [3.8, 4) is 0 Å². The molecule has 0 aliphatic rings. The molecule has 19 heavy (non-hydrogen) atoms. The molecule has 0 radical (unpaired) electrons. The molecule has 0 atom stereocenters. The van der Waals surface area contributed by atoms with Gasteiger partial charge in [0, 0.05) is 50.2 Å². The molecule has 0 saturated carbocycles. The molecule has 5 nitrogen and oxygen atoms in total. The predicted octanol–water partition coefficient (Wildman–Crippen LogP) is 1.87. The van der Waals surface area contributed by atoms with Crippen LogP contribution >= 0.6 is 0 Å². The van der Waals surface area contributed by atoms with Crippen molar-refractivity contribution in [3.63, 3.8) is 0 Å². The third kappa shape index (κ3) is 3.92. The Labute approximate surface area is 114 Å². The number of hydrogen-bond acceptors (Lipinski definition) is 3. The van der Waals surface area contributed by atoms with Crippen molar-refractivity contribution < 1.29 is 0 Å². The lowest BCUT2D eigenvalue weighted by Crippen LogP contribution is -2.12. The van der Waals surface area contributed by atoms with Gasteiger partial charge in [-0.2, -0.15) is 10.2 Å². The number of aryl methyl sites for hydroxylation is 2. The van der Waals surface area contributed by atoms with Crippen LogP contribution in [0, 0.1) is 12.8 Å². The molecule has 0 saturated heterocycles. The Kier molecular flexibility index (Phi) is 4.37. The Morgan fingerprint density at radius 3 is 2.68 bits per heavy atom. The summed E-state index contributed by atoms with van der Waals surface area (Å²) < 4.78 is 3.87. The smallest absolute Gasteiger partial charge is 0.0638 e. The van der Waals surface area contributed by atoms with Crippen molar-refractivity contribution in [1.29, 1.82) is 0 Å². The normalized spacial score (nSPS) is 11.4. The zero-order valence-electron chi connectivity index (χ0n) is 12.2. The maximum atomic E-state index is 4.36. The van der Waals surface area contributed by atoms with Crippen LogP contribution in [0.3, 0.4) is 0 Å². The molecule has 0 aliphatic carbocycles. The van der Waals surface area contributed by atoms with Crippen LogP contribution in [-0.2, 0) is 26.7 Å². The van der Waals surface area contributed by atoms with Crippen LogP contribution in [0.1, 0.15) is 30.7 Å². The van der Waals surface area contributed by atoms with Crippen LogP contribution in [0.15, 0.2) is 18.6 Å². The van der Waals surface area contributed by atoms with Gasteiger partial charge in [0.25, 0.3) is 0 Å². The van der Waals surface area contributed by atoms with Crippen LogP contribution in [0.25, 0.3) is 0 Å². The monoisotopic (exact) mass is 261 g/mol. The summed E-state index contributed by atoms with van der Waals surface area (Å²) in [6.07, 6.45) is 6.11. The number of nitrogens with one attached hydrogen (secondary N) is 1. The second-order valence-corrected chi connectivity index (χ2v) is 5.48. The fourth-order valence-electron chi connectivity index (χ4n) is 2.14. The molecule has 0 unspecified atom stereocenters. The van der Waals surface area contributed by atoms with Gasteiger partial charge in [0.2, 0.25) is 0 Å². The van der Waals surface area contributed by atoms with Crippen molar-refractivity contribution in [3.05, 3.63) is 35.4 Å². The summed E-state index contributed by atoms with van der Waals surface area (Å²) in [5.74, 6) is 0.624. The molecule has 0 aromatic carbocycles. The molecular formula is C14H23N5. The summed E-state index contributed by atoms with van der Waals surface area (Å²) in [5, 5.41) is 12.1. The lowest BCUT2D eigenvalue weighted by Gasteiger charge is -2.04. The van der Waals surface area contributed by atoms with Crippen molar-refractivity contribution >= 4 is 0 Å². The second kappa shape index (κ2) is 6.02. The molecule has 104 valence electrons. The summed E-state index contributed by atoms with van der Waals surface area (Å²) in [4.78, 5) is 0. The summed E-state index contributed by atoms with van der Waals surface area (Å²) in [6.45, 7) is 9.09. The zero-order valence-corrected chi connectivity index (χ0v) is 12.2. The van der Waals surface area contributed by atoms with Crippen molar-refractivity contribution in [1.82, 2.24) is 24.9 Å². The summed E-state index contributed by atoms with van der Waals surface area (Å²) in [5.41, 5.74) is 3.56. The number of nitrogens with zero attached hydrogens (tertiary/aromatic N) is 4. The standard InChI is InChI=1S/C14H23N5/c1-11(2)8-19-9-13(6-16-19)5-15-7-14-10-18(4)17-12(14)3/h6,9-11,15H,5,7-8H2,1-4H3. The lowest BCUT2D eigenvalue weighted by atomic mass is 10.2. The predicted molar refractivity (Wildman–Crippen MR) is 75.6 cm³/mol. The summed E-state index contributed by atoms with van der Waals surface area (Å²) in [7, 11) is 1.95. The van der Waals surface area contributed by atoms with E-state index in [0.717, 1.165) is 25.3 Å². The highest BCUT2D eigenvalue weighted by Gasteiger charge is 2.04. The van der Waals surface area contributed by atoms with Gasteiger partial charge in [-0.3, -0.25) is 9.36 Å². The van der Waals surface area contributed by atoms with Crippen LogP contribution in [0.4, 0.5) is 0 Å². The third-order valence-electron chi connectivity index (χ3n) is 3.00. The average molecular weight is 261 g/mol. The van der Waals surface area contributed by atoms with E-state index < -0.39 is 0 Å². The molecule has 2 aromatic rings. The minimum Gasteiger partial charge on any atom is -0.308 e. The topological polar surface area (TPSA) is 47.7 Å². The lowest BCUT2D eigenvalue weighted by molar-refractivity contribution is 0.482. The van der Waals surface area contributed by atoms with Crippen molar-refractivity contribution in [2.45, 2.75) is 40.4 Å². The van der Waals surface area contributed by atoms with E-state index in [4.69, 9.17) is 0 Å². The van der Waals surface area contributed by atoms with Crippen LogP contribution < -0.4 is 5.32 Å². The fraction of sp³-hybridized carbons (Fsp3) is 0.571. The van der Waals surface area contributed by atoms with Gasteiger partial charge in [-0.1, -0.05) is 13.8 Å². The Balaban J connectivity index is 1.82. The maximum absolute atomic E-state index is 4.36. The minimum atomic E-state index is 0.624. The second-order valence-electron chi connectivity index (χ2n) is 5.48. The highest BCUT2D eigenvalue weighted by molar-refractivity contribution is 5.15. The fourth-order valence-corrected chi connectivity index (χ4v) is 2.14. The molecule has 0 fully saturated rings. The highest BCUT2D eigenvalue weighted by Crippen LogP contribution is 2.05. The number of rotatable bonds is 6. The number of hydrogen-bond donors (Lipinski definition) is 1. The Bertz CT molecular complexity index is 524. The number of aromatic nitrogens is 4. The van der Waals surface area contributed by atoms with E-state index in [1.54, 1.807) is 0 Å². The van der Waals surface area contributed by atoms with E-state index in [1.807, 2.05) is 29.5 Å². The molecule has 5 heteroatoms. The molecule has 0 amide bonds. The first-order valence-electron chi connectivity index (χ1n) is 6.75. The SMILES string of the molecule is Cc1nn(C)cc1CNCc1cnn(CC(C)C)c1. The van der Waals surface area contributed by atoms with Crippen LogP contribution in [-0.4, -0.2) is 19.6 Å². The largest absolute Gasteiger partial charge is 0.308 e. The van der Waals surface area contributed by atoms with Gasteiger partial charge in [-0.25, -0.2) is 0 Å². The molecule has 0 spiro atoms. The first-order chi connectivity index (χ1) is 9.04. The van der Waals surface area contributed by atoms with E-state index in [9.17, 15) is 0 Å². The quantitative estimate of drug-likeness (QED) is 0.863. The van der Waals surface area contributed by atoms with Crippen LogP contribution in [0.5, 0.6) is 0 Å². The van der Waals surface area contributed by atoms with E-state index >= 15 is 0 Å². The highest BCUT2D eigenvalue weighted by atomic mass is 15.3. The van der Waals surface area contributed by atoms with E-state index in [1.165, 1.54) is 11.1 Å². The molecule has 0 aliphatic heterocycles. The Hall–Kier alpha value is -1.62. The van der Waals surface area contributed by atoms with E-state index in [0.29, 0.717) is 5.92 Å². The van der Waals surface area contributed by atoms with Crippen LogP contribution in [0.2, 0.25) is 0 Å². The summed E-state index contributed by atoms with van der Waals surface area (Å²) in [6, 6.07) is 0. The first-order valence-corrected chi connectivity index (χ1v) is 6.75. The molecule has 2 heterocycles. The van der Waals surface area contributed by atoms with Gasteiger partial charge in [0.05, 0.1) is 11.9 Å². The van der Waals surface area contributed by atoms with Gasteiger partial charge in [-0.15, -0.1) is 0 Å². The van der Waals surface area contributed by atoms with Crippen molar-refractivity contribution in [2.75, 3.05) is 0 Å². The Morgan fingerprint density at radius 1 is 1.26 bits per heavy atom. The molecule has 2 aromatic heterocycles. The van der Waals surface area contributed by atoms with E-state index in [-0.39, 0.29) is 0 Å². The van der Waals surface area contributed by atoms with Gasteiger partial charge in [0.15, 0.2) is 0 Å². The minimum absolute atomic E-state index is 0.624. The molecule has 0 bridgehead atoms. The van der Waals surface area contributed by atoms with Gasteiger partial charge in [0.1, 0.15) is 0 Å². The van der Waals surface area contributed by atoms with Gasteiger partial charge in [-0.05, 0) is 12.8 Å². The molecular weight excluding hydrogens is 238 g/mol. The molecule has 2 rings (SSSR count). The van der Waals surface area contributed by atoms with Gasteiger partial charge >= 0.3 is 0 Å². The average Bonchev–Trinajstić information content (AvgIpc) is 2.86. The zero-order chi connectivity index (χ0) is 13.8. The first kappa shape index (κ1) is 13.8.